The van der Waals surface area contributed by atoms with Gasteiger partial charge in [-0.15, -0.1) is 0 Å². The van der Waals surface area contributed by atoms with Crippen LogP contribution in [0.2, 0.25) is 0 Å². The largest absolute Gasteiger partial charge is 0.493 e. The first-order valence-corrected chi connectivity index (χ1v) is 11.0. The highest BCUT2D eigenvalue weighted by atomic mass is 16.5. The minimum atomic E-state index is -0.405. The molecule has 4 rings (SSSR count). The fourth-order valence-electron chi connectivity index (χ4n) is 4.27. The first-order chi connectivity index (χ1) is 16.1. The first kappa shape index (κ1) is 22.4. The molecule has 1 saturated heterocycles. The maximum Gasteiger partial charge on any atom is 0.227 e. The molecule has 0 radical (unpaired) electrons. The van der Waals surface area contributed by atoms with Crippen LogP contribution in [-0.2, 0) is 9.59 Å². The summed E-state index contributed by atoms with van der Waals surface area (Å²) in [6, 6.07) is 25.6. The quantitative estimate of drug-likeness (QED) is 0.570. The number of hydrogen-bond donors (Lipinski definition) is 1. The van der Waals surface area contributed by atoms with E-state index in [1.54, 1.807) is 37.3 Å². The Bertz CT molecular complexity index is 1060. The number of rotatable bonds is 8. The van der Waals surface area contributed by atoms with Gasteiger partial charge < -0.3 is 19.7 Å². The molecule has 1 heterocycles. The molecule has 1 atom stereocenters. The van der Waals surface area contributed by atoms with Gasteiger partial charge in [0.1, 0.15) is 0 Å². The van der Waals surface area contributed by atoms with Gasteiger partial charge in [0.05, 0.1) is 20.1 Å². The van der Waals surface area contributed by atoms with Crippen molar-refractivity contribution in [3.63, 3.8) is 0 Å². The van der Waals surface area contributed by atoms with E-state index in [-0.39, 0.29) is 24.2 Å². The number of nitrogens with zero attached hydrogens (tertiary/aromatic N) is 1. The molecule has 6 heteroatoms. The summed E-state index contributed by atoms with van der Waals surface area (Å²) in [5, 5.41) is 3.09. The van der Waals surface area contributed by atoms with Crippen LogP contribution >= 0.6 is 0 Å². The Kier molecular flexibility index (Phi) is 6.93. The molecule has 3 aromatic carbocycles. The van der Waals surface area contributed by atoms with E-state index in [4.69, 9.17) is 9.47 Å². The van der Waals surface area contributed by atoms with Crippen LogP contribution in [0, 0.1) is 5.92 Å². The van der Waals surface area contributed by atoms with E-state index in [0.29, 0.717) is 30.3 Å². The molecule has 2 amide bonds. The van der Waals surface area contributed by atoms with Crippen molar-refractivity contribution in [1.82, 2.24) is 5.32 Å². The van der Waals surface area contributed by atoms with E-state index in [2.05, 4.69) is 29.6 Å². The van der Waals surface area contributed by atoms with Crippen molar-refractivity contribution in [2.75, 3.05) is 32.2 Å². The zero-order valence-electron chi connectivity index (χ0n) is 18.9. The molecule has 1 aliphatic heterocycles. The minimum Gasteiger partial charge on any atom is -0.493 e. The molecule has 0 saturated carbocycles. The average molecular weight is 445 g/mol. The number of carbonyl (C=O) groups is 2. The highest BCUT2D eigenvalue weighted by Crippen LogP contribution is 2.34. The number of amides is 2. The van der Waals surface area contributed by atoms with Gasteiger partial charge >= 0.3 is 0 Å². The summed E-state index contributed by atoms with van der Waals surface area (Å²) in [5.41, 5.74) is 2.97. The second-order valence-corrected chi connectivity index (χ2v) is 8.06. The third-order valence-electron chi connectivity index (χ3n) is 6.06. The summed E-state index contributed by atoms with van der Waals surface area (Å²) < 4.78 is 10.6. The van der Waals surface area contributed by atoms with Gasteiger partial charge in [0, 0.05) is 37.2 Å². The van der Waals surface area contributed by atoms with E-state index < -0.39 is 5.92 Å². The summed E-state index contributed by atoms with van der Waals surface area (Å²) in [5.74, 6) is 0.584. The summed E-state index contributed by atoms with van der Waals surface area (Å²) >= 11 is 0. The van der Waals surface area contributed by atoms with E-state index in [1.165, 1.54) is 0 Å². The molecule has 0 bridgehead atoms. The maximum absolute atomic E-state index is 13.0. The Hall–Kier alpha value is -3.80. The fourth-order valence-corrected chi connectivity index (χ4v) is 4.27. The predicted molar refractivity (Wildman–Crippen MR) is 128 cm³/mol. The number of benzene rings is 3. The van der Waals surface area contributed by atoms with Crippen molar-refractivity contribution in [1.29, 1.82) is 0 Å². The molecular weight excluding hydrogens is 416 g/mol. The van der Waals surface area contributed by atoms with Crippen molar-refractivity contribution >= 4 is 17.5 Å². The van der Waals surface area contributed by atoms with Gasteiger partial charge in [0.2, 0.25) is 11.8 Å². The van der Waals surface area contributed by atoms with Crippen molar-refractivity contribution in [2.45, 2.75) is 12.3 Å². The molecule has 1 aliphatic rings. The van der Waals surface area contributed by atoms with Gasteiger partial charge in [-0.3, -0.25) is 9.59 Å². The molecular formula is C27H28N2O4. The first-order valence-electron chi connectivity index (χ1n) is 11.0. The number of anilines is 1. The van der Waals surface area contributed by atoms with Crippen LogP contribution in [0.3, 0.4) is 0 Å². The van der Waals surface area contributed by atoms with Crippen LogP contribution in [0.5, 0.6) is 11.5 Å². The van der Waals surface area contributed by atoms with Gasteiger partial charge in [-0.05, 0) is 23.3 Å². The molecule has 1 N–H and O–H groups in total. The number of hydrogen-bond acceptors (Lipinski definition) is 4. The van der Waals surface area contributed by atoms with Gasteiger partial charge in [-0.1, -0.05) is 60.7 Å². The molecule has 6 nitrogen and oxygen atoms in total. The summed E-state index contributed by atoms with van der Waals surface area (Å²) in [4.78, 5) is 27.4. The SMILES string of the molecule is COc1ccc(N2CC(C(=O)NCC(c3ccccc3)c3ccccc3)CC2=O)cc1OC. The zero-order chi connectivity index (χ0) is 23.2. The Labute approximate surface area is 194 Å². The summed E-state index contributed by atoms with van der Waals surface area (Å²) in [6.45, 7) is 0.801. The Morgan fingerprint density at radius 1 is 0.939 bits per heavy atom. The van der Waals surface area contributed by atoms with Crippen LogP contribution in [0.25, 0.3) is 0 Å². The maximum atomic E-state index is 13.0. The van der Waals surface area contributed by atoms with Crippen LogP contribution in [0.1, 0.15) is 23.5 Å². The van der Waals surface area contributed by atoms with Gasteiger partial charge in [0.15, 0.2) is 11.5 Å². The minimum absolute atomic E-state index is 0.0374. The lowest BCUT2D eigenvalue weighted by Gasteiger charge is -2.21. The van der Waals surface area contributed by atoms with E-state index in [1.807, 2.05) is 36.4 Å². The van der Waals surface area contributed by atoms with E-state index in [9.17, 15) is 9.59 Å². The highest BCUT2D eigenvalue weighted by molar-refractivity contribution is 6.00. The molecule has 0 aromatic heterocycles. The van der Waals surface area contributed by atoms with Crippen LogP contribution in [-0.4, -0.2) is 39.1 Å². The van der Waals surface area contributed by atoms with Crippen LogP contribution < -0.4 is 19.7 Å². The number of nitrogens with one attached hydrogen (secondary N) is 1. The second-order valence-electron chi connectivity index (χ2n) is 8.06. The van der Waals surface area contributed by atoms with Crippen molar-refractivity contribution in [2.24, 2.45) is 5.92 Å². The second kappa shape index (κ2) is 10.2. The average Bonchev–Trinajstić information content (AvgIpc) is 3.26. The van der Waals surface area contributed by atoms with Crippen molar-refractivity contribution < 1.29 is 19.1 Å². The van der Waals surface area contributed by atoms with Gasteiger partial charge in [0.25, 0.3) is 0 Å². The summed E-state index contributed by atoms with van der Waals surface area (Å²) in [7, 11) is 3.12. The third-order valence-corrected chi connectivity index (χ3v) is 6.06. The molecule has 170 valence electrons. The fraction of sp³-hybridized carbons (Fsp3) is 0.259. The molecule has 3 aromatic rings. The Morgan fingerprint density at radius 2 is 1.55 bits per heavy atom. The normalized spacial score (nSPS) is 15.5. The molecule has 0 aliphatic carbocycles. The Balaban J connectivity index is 1.45. The third kappa shape index (κ3) is 5.00. The number of methoxy groups -OCH3 is 2. The standard InChI is InChI=1S/C27H28N2O4/c1-32-24-14-13-22(16-25(24)33-2)29-18-21(15-26(29)30)27(31)28-17-23(19-9-5-3-6-10-19)20-11-7-4-8-12-20/h3-14,16,21,23H,15,17-18H2,1-2H3,(H,28,31). The lowest BCUT2D eigenvalue weighted by molar-refractivity contribution is -0.126. The Morgan fingerprint density at radius 3 is 2.12 bits per heavy atom. The van der Waals surface area contributed by atoms with E-state index >= 15 is 0 Å². The van der Waals surface area contributed by atoms with Crippen LogP contribution in [0.4, 0.5) is 5.69 Å². The molecule has 1 fully saturated rings. The highest BCUT2D eigenvalue weighted by Gasteiger charge is 2.35. The number of carbonyl (C=O) groups excluding carboxylic acids is 2. The topological polar surface area (TPSA) is 67.9 Å². The molecule has 0 spiro atoms. The van der Waals surface area contributed by atoms with Gasteiger partial charge in [-0.2, -0.15) is 0 Å². The van der Waals surface area contributed by atoms with Crippen molar-refractivity contribution in [3.8, 4) is 11.5 Å². The van der Waals surface area contributed by atoms with Crippen LogP contribution in [0.15, 0.2) is 78.9 Å². The smallest absolute Gasteiger partial charge is 0.227 e. The van der Waals surface area contributed by atoms with Crippen molar-refractivity contribution in [3.05, 3.63) is 90.0 Å². The molecule has 33 heavy (non-hydrogen) atoms. The predicted octanol–water partition coefficient (Wildman–Crippen LogP) is 4.01. The van der Waals surface area contributed by atoms with Gasteiger partial charge in [-0.25, -0.2) is 0 Å². The molecule has 1 unspecified atom stereocenters. The van der Waals surface area contributed by atoms with E-state index in [0.717, 1.165) is 11.1 Å². The monoisotopic (exact) mass is 444 g/mol. The lowest BCUT2D eigenvalue weighted by Crippen LogP contribution is -2.35. The summed E-state index contributed by atoms with van der Waals surface area (Å²) in [6.07, 6.45) is 0.182. The zero-order valence-corrected chi connectivity index (χ0v) is 18.9. The lowest BCUT2D eigenvalue weighted by atomic mass is 9.91. The number of ether oxygens (including phenoxy) is 2.